The van der Waals surface area contributed by atoms with Crippen LogP contribution in [0.1, 0.15) is 23.4 Å². The van der Waals surface area contributed by atoms with Crippen molar-refractivity contribution < 1.29 is 18.4 Å². The Balaban J connectivity index is 1.44. The van der Waals surface area contributed by atoms with Crippen LogP contribution in [0.15, 0.2) is 28.8 Å². The number of piperazine rings is 1. The molecule has 3 rings (SSSR count). The molecule has 1 amide bonds. The highest BCUT2D eigenvalue weighted by molar-refractivity contribution is 5.76. The summed E-state index contributed by atoms with van der Waals surface area (Å²) < 4.78 is 23.9. The van der Waals surface area contributed by atoms with E-state index >= 15 is 0 Å². The predicted octanol–water partition coefficient (Wildman–Crippen LogP) is 2.41. The minimum Gasteiger partial charge on any atom is -0.494 e. The van der Waals surface area contributed by atoms with Crippen LogP contribution in [-0.2, 0) is 17.8 Å². The Bertz CT molecular complexity index is 754. The van der Waals surface area contributed by atoms with Crippen molar-refractivity contribution in [3.63, 3.8) is 0 Å². The third-order valence-electron chi connectivity index (χ3n) is 4.62. The second-order valence-corrected chi connectivity index (χ2v) is 6.56. The van der Waals surface area contributed by atoms with E-state index in [1.807, 2.05) is 17.9 Å². The van der Waals surface area contributed by atoms with E-state index in [1.165, 1.54) is 13.2 Å². The molecule has 1 fully saturated rings. The van der Waals surface area contributed by atoms with Gasteiger partial charge in [0.1, 0.15) is 0 Å². The lowest BCUT2D eigenvalue weighted by atomic mass is 10.1. The molecule has 140 valence electrons. The lowest BCUT2D eigenvalue weighted by Gasteiger charge is -2.34. The summed E-state index contributed by atoms with van der Waals surface area (Å²) in [7, 11) is 1.44. The number of methoxy groups -OCH3 is 1. The Morgan fingerprint density at radius 1 is 1.27 bits per heavy atom. The van der Waals surface area contributed by atoms with Gasteiger partial charge in [-0.15, -0.1) is 0 Å². The molecular formula is C19H24FN3O3. The summed E-state index contributed by atoms with van der Waals surface area (Å²) in [5.41, 5.74) is 1.68. The maximum atomic E-state index is 13.7. The van der Waals surface area contributed by atoms with Crippen LogP contribution in [0.2, 0.25) is 0 Å². The van der Waals surface area contributed by atoms with Crippen molar-refractivity contribution in [2.24, 2.45) is 0 Å². The van der Waals surface area contributed by atoms with Gasteiger partial charge < -0.3 is 14.2 Å². The fourth-order valence-electron chi connectivity index (χ4n) is 3.14. The summed E-state index contributed by atoms with van der Waals surface area (Å²) in [6.45, 7) is 5.63. The molecular weight excluding hydrogens is 337 g/mol. The van der Waals surface area contributed by atoms with Crippen LogP contribution in [-0.4, -0.2) is 54.2 Å². The highest BCUT2D eigenvalue weighted by Gasteiger charge is 2.21. The molecule has 0 spiro atoms. The first-order chi connectivity index (χ1) is 12.5. The minimum absolute atomic E-state index is 0.108. The van der Waals surface area contributed by atoms with Crippen LogP contribution in [0.5, 0.6) is 5.75 Å². The highest BCUT2D eigenvalue weighted by atomic mass is 19.1. The molecule has 0 saturated carbocycles. The fourth-order valence-corrected chi connectivity index (χ4v) is 3.14. The molecule has 0 atom stereocenters. The van der Waals surface area contributed by atoms with Crippen LogP contribution in [0.3, 0.4) is 0 Å². The monoisotopic (exact) mass is 361 g/mol. The third-order valence-corrected chi connectivity index (χ3v) is 4.62. The summed E-state index contributed by atoms with van der Waals surface area (Å²) >= 11 is 0. The third kappa shape index (κ3) is 4.60. The van der Waals surface area contributed by atoms with Crippen molar-refractivity contribution >= 4 is 5.91 Å². The molecule has 1 saturated heterocycles. The molecule has 2 heterocycles. The first kappa shape index (κ1) is 18.4. The molecule has 6 nitrogen and oxygen atoms in total. The molecule has 2 aromatic rings. The first-order valence-electron chi connectivity index (χ1n) is 8.80. The first-order valence-corrected chi connectivity index (χ1v) is 8.80. The van der Waals surface area contributed by atoms with E-state index < -0.39 is 5.82 Å². The summed E-state index contributed by atoms with van der Waals surface area (Å²) in [5.74, 6) is 0.784. The predicted molar refractivity (Wildman–Crippen MR) is 94.4 cm³/mol. The second-order valence-electron chi connectivity index (χ2n) is 6.56. The number of hydrogen-bond acceptors (Lipinski definition) is 5. The molecule has 0 bridgehead atoms. The van der Waals surface area contributed by atoms with Gasteiger partial charge in [-0.05, 0) is 31.0 Å². The quantitative estimate of drug-likeness (QED) is 0.791. The molecule has 0 radical (unpaired) electrons. The van der Waals surface area contributed by atoms with Crippen molar-refractivity contribution in [1.29, 1.82) is 0 Å². The normalized spacial score (nSPS) is 15.3. The van der Waals surface area contributed by atoms with Gasteiger partial charge in [0.25, 0.3) is 0 Å². The van der Waals surface area contributed by atoms with Gasteiger partial charge in [0.05, 0.1) is 19.3 Å². The number of carbonyl (C=O) groups is 1. The van der Waals surface area contributed by atoms with Crippen LogP contribution in [0, 0.1) is 12.7 Å². The summed E-state index contributed by atoms with van der Waals surface area (Å²) in [5, 5.41) is 3.89. The number of nitrogens with zero attached hydrogens (tertiary/aromatic N) is 3. The van der Waals surface area contributed by atoms with Gasteiger partial charge in [-0.3, -0.25) is 9.69 Å². The SMILES string of the molecule is COc1ccc(CCC(=O)N2CCN(Cc3cc(C)no3)CC2)cc1F. The largest absolute Gasteiger partial charge is 0.494 e. The van der Waals surface area contributed by atoms with Crippen molar-refractivity contribution in [3.8, 4) is 5.75 Å². The Morgan fingerprint density at radius 2 is 2.04 bits per heavy atom. The van der Waals surface area contributed by atoms with E-state index in [0.717, 1.165) is 30.1 Å². The molecule has 1 aromatic heterocycles. The number of hydrogen-bond donors (Lipinski definition) is 0. The van der Waals surface area contributed by atoms with Gasteiger partial charge in [-0.2, -0.15) is 0 Å². The molecule has 1 aliphatic rings. The van der Waals surface area contributed by atoms with Gasteiger partial charge in [0.2, 0.25) is 5.91 Å². The number of halogens is 1. The molecule has 7 heteroatoms. The Morgan fingerprint density at radius 3 is 2.65 bits per heavy atom. The van der Waals surface area contributed by atoms with Crippen LogP contribution >= 0.6 is 0 Å². The number of amides is 1. The molecule has 0 unspecified atom stereocenters. The Kier molecular flexibility index (Phi) is 5.88. The maximum Gasteiger partial charge on any atom is 0.222 e. The lowest BCUT2D eigenvalue weighted by Crippen LogP contribution is -2.48. The van der Waals surface area contributed by atoms with Gasteiger partial charge in [-0.25, -0.2) is 4.39 Å². The van der Waals surface area contributed by atoms with Crippen molar-refractivity contribution in [2.75, 3.05) is 33.3 Å². The highest BCUT2D eigenvalue weighted by Crippen LogP contribution is 2.19. The number of rotatable bonds is 6. The Labute approximate surface area is 152 Å². The van der Waals surface area contributed by atoms with E-state index in [4.69, 9.17) is 9.26 Å². The molecule has 1 aliphatic heterocycles. The van der Waals surface area contributed by atoms with Gasteiger partial charge in [0.15, 0.2) is 17.3 Å². The topological polar surface area (TPSA) is 58.8 Å². The van der Waals surface area contributed by atoms with E-state index in [9.17, 15) is 9.18 Å². The number of benzene rings is 1. The average Bonchev–Trinajstić information content (AvgIpc) is 3.05. The van der Waals surface area contributed by atoms with E-state index in [-0.39, 0.29) is 11.7 Å². The number of aryl methyl sites for hydroxylation is 2. The number of ether oxygens (including phenoxy) is 1. The molecule has 0 N–H and O–H groups in total. The number of aromatic nitrogens is 1. The van der Waals surface area contributed by atoms with Crippen molar-refractivity contribution in [1.82, 2.24) is 15.0 Å². The van der Waals surface area contributed by atoms with Crippen LogP contribution in [0.4, 0.5) is 4.39 Å². The summed E-state index contributed by atoms with van der Waals surface area (Å²) in [4.78, 5) is 16.5. The average molecular weight is 361 g/mol. The molecule has 0 aliphatic carbocycles. The summed E-state index contributed by atoms with van der Waals surface area (Å²) in [6, 6.07) is 6.76. The van der Waals surface area contributed by atoms with Gasteiger partial charge >= 0.3 is 0 Å². The van der Waals surface area contributed by atoms with Crippen LogP contribution in [0.25, 0.3) is 0 Å². The molecule has 1 aromatic carbocycles. The fraction of sp³-hybridized carbons (Fsp3) is 0.474. The van der Waals surface area contributed by atoms with Gasteiger partial charge in [0, 0.05) is 38.7 Å². The smallest absolute Gasteiger partial charge is 0.222 e. The Hall–Kier alpha value is -2.41. The summed E-state index contributed by atoms with van der Waals surface area (Å²) in [6.07, 6.45) is 0.907. The van der Waals surface area contributed by atoms with Gasteiger partial charge in [-0.1, -0.05) is 11.2 Å². The van der Waals surface area contributed by atoms with E-state index in [1.54, 1.807) is 12.1 Å². The maximum absolute atomic E-state index is 13.7. The van der Waals surface area contributed by atoms with E-state index in [0.29, 0.717) is 32.5 Å². The zero-order valence-electron chi connectivity index (χ0n) is 15.2. The van der Waals surface area contributed by atoms with Crippen LogP contribution < -0.4 is 4.74 Å². The number of carbonyl (C=O) groups excluding carboxylic acids is 1. The lowest BCUT2D eigenvalue weighted by molar-refractivity contribution is -0.133. The second kappa shape index (κ2) is 8.31. The minimum atomic E-state index is -0.395. The van der Waals surface area contributed by atoms with Crippen molar-refractivity contribution in [2.45, 2.75) is 26.3 Å². The zero-order chi connectivity index (χ0) is 18.5. The van der Waals surface area contributed by atoms with E-state index in [2.05, 4.69) is 10.1 Å². The standard InChI is InChI=1S/C19H24FN3O3/c1-14-11-16(26-21-14)13-22-7-9-23(10-8-22)19(24)6-4-15-3-5-18(25-2)17(20)12-15/h3,5,11-12H,4,6-10,13H2,1-2H3. The molecule has 26 heavy (non-hydrogen) atoms. The van der Waals surface area contributed by atoms with Crippen molar-refractivity contribution in [3.05, 3.63) is 47.1 Å². The zero-order valence-corrected chi connectivity index (χ0v) is 15.2.